The fourth-order valence-corrected chi connectivity index (χ4v) is 3.45. The Hall–Kier alpha value is -2.37. The third kappa shape index (κ3) is 7.15. The summed E-state index contributed by atoms with van der Waals surface area (Å²) in [5.74, 6) is -0.265. The summed E-state index contributed by atoms with van der Waals surface area (Å²) >= 11 is 12.1. The predicted molar refractivity (Wildman–Crippen MR) is 121 cm³/mol. The molecule has 0 heterocycles. The van der Waals surface area contributed by atoms with Gasteiger partial charge in [0.1, 0.15) is 0 Å². The molecule has 0 unspecified atom stereocenters. The fourth-order valence-electron chi connectivity index (χ4n) is 2.95. The first-order chi connectivity index (χ1) is 14.2. The number of para-hydroxylation sites is 1. The predicted octanol–water partition coefficient (Wildman–Crippen LogP) is 5.25. The van der Waals surface area contributed by atoms with E-state index >= 15 is 0 Å². The van der Waals surface area contributed by atoms with E-state index in [4.69, 9.17) is 23.2 Å². The fraction of sp³-hybridized carbons (Fsp3) is 0.348. The van der Waals surface area contributed by atoms with Crippen LogP contribution in [0.3, 0.4) is 0 Å². The molecular formula is C23H26Cl2N2O3. The molecular weight excluding hydrogens is 423 g/mol. The Kier molecular flexibility index (Phi) is 8.88. The van der Waals surface area contributed by atoms with Crippen LogP contribution in [-0.2, 0) is 16.0 Å². The lowest BCUT2D eigenvalue weighted by molar-refractivity contribution is -0.133. The van der Waals surface area contributed by atoms with Gasteiger partial charge in [-0.1, -0.05) is 67.4 Å². The summed E-state index contributed by atoms with van der Waals surface area (Å²) in [4.78, 5) is 38.2. The molecule has 0 saturated heterocycles. The Morgan fingerprint density at radius 1 is 0.967 bits per heavy atom. The number of carbonyl (C=O) groups excluding carboxylic acids is 3. The molecule has 0 spiro atoms. The van der Waals surface area contributed by atoms with Crippen LogP contribution in [-0.4, -0.2) is 36.1 Å². The maximum absolute atomic E-state index is 12.4. The van der Waals surface area contributed by atoms with Gasteiger partial charge in [-0.2, -0.15) is 0 Å². The van der Waals surface area contributed by atoms with Gasteiger partial charge >= 0.3 is 0 Å². The van der Waals surface area contributed by atoms with Crippen molar-refractivity contribution in [2.75, 3.05) is 18.9 Å². The average Bonchev–Trinajstić information content (AvgIpc) is 2.68. The van der Waals surface area contributed by atoms with Crippen molar-refractivity contribution in [1.82, 2.24) is 4.90 Å². The molecule has 0 fully saturated rings. The molecule has 1 N–H and O–H groups in total. The van der Waals surface area contributed by atoms with E-state index in [1.165, 1.54) is 17.5 Å². The van der Waals surface area contributed by atoms with Crippen LogP contribution in [0, 0.1) is 5.92 Å². The maximum Gasteiger partial charge on any atom is 0.244 e. The number of anilines is 1. The number of hydrogen-bond acceptors (Lipinski definition) is 3. The number of carbonyl (C=O) groups is 3. The van der Waals surface area contributed by atoms with Crippen molar-refractivity contribution in [2.24, 2.45) is 5.92 Å². The molecule has 0 bridgehead atoms. The summed E-state index contributed by atoms with van der Waals surface area (Å²) in [6.45, 7) is 4.12. The highest BCUT2D eigenvalue weighted by Crippen LogP contribution is 2.29. The number of Topliss-reactive ketones (excluding diaryl/α,β-unsaturated/α-hetero) is 1. The van der Waals surface area contributed by atoms with Crippen molar-refractivity contribution in [3.8, 4) is 0 Å². The standard InChI is InChI=1S/C23H26Cl2N2O3/c1-15(2)13-16-7-9-17(10-8-16)20(28)11-12-22(30)27(3)14-21(29)26-23-18(24)5-4-6-19(23)25/h4-10,15H,11-14H2,1-3H3,(H,26,29). The molecule has 2 amide bonds. The van der Waals surface area contributed by atoms with Gasteiger partial charge in [0.15, 0.2) is 5.78 Å². The van der Waals surface area contributed by atoms with Gasteiger partial charge in [0, 0.05) is 25.5 Å². The van der Waals surface area contributed by atoms with Crippen LogP contribution < -0.4 is 5.32 Å². The van der Waals surface area contributed by atoms with E-state index < -0.39 is 5.91 Å². The van der Waals surface area contributed by atoms with Crippen molar-refractivity contribution in [1.29, 1.82) is 0 Å². The number of ketones is 1. The molecule has 2 aromatic rings. The van der Waals surface area contributed by atoms with E-state index in [1.807, 2.05) is 12.1 Å². The lowest BCUT2D eigenvalue weighted by Crippen LogP contribution is -2.35. The van der Waals surface area contributed by atoms with Crippen LogP contribution in [0.5, 0.6) is 0 Å². The first-order valence-corrected chi connectivity index (χ1v) is 10.5. The van der Waals surface area contributed by atoms with Gasteiger partial charge in [0.05, 0.1) is 22.3 Å². The van der Waals surface area contributed by atoms with E-state index in [2.05, 4.69) is 19.2 Å². The van der Waals surface area contributed by atoms with Gasteiger partial charge in [-0.25, -0.2) is 0 Å². The SMILES string of the molecule is CC(C)Cc1ccc(C(=O)CCC(=O)N(C)CC(=O)Nc2c(Cl)cccc2Cl)cc1. The molecule has 0 saturated carbocycles. The molecule has 0 aliphatic rings. The van der Waals surface area contributed by atoms with E-state index in [0.717, 1.165) is 6.42 Å². The summed E-state index contributed by atoms with van der Waals surface area (Å²) in [6.07, 6.45) is 1.08. The highest BCUT2D eigenvalue weighted by atomic mass is 35.5. The topological polar surface area (TPSA) is 66.5 Å². The van der Waals surface area contributed by atoms with Crippen LogP contribution in [0.25, 0.3) is 0 Å². The van der Waals surface area contributed by atoms with Gasteiger partial charge in [-0.15, -0.1) is 0 Å². The smallest absolute Gasteiger partial charge is 0.244 e. The zero-order valence-electron chi connectivity index (χ0n) is 17.4. The number of amides is 2. The van der Waals surface area contributed by atoms with Crippen molar-refractivity contribution < 1.29 is 14.4 Å². The second kappa shape index (κ2) is 11.1. The van der Waals surface area contributed by atoms with Gasteiger partial charge in [0.2, 0.25) is 11.8 Å². The molecule has 0 aliphatic heterocycles. The Morgan fingerprint density at radius 2 is 1.57 bits per heavy atom. The number of benzene rings is 2. The molecule has 2 rings (SSSR count). The number of nitrogens with zero attached hydrogens (tertiary/aromatic N) is 1. The lowest BCUT2D eigenvalue weighted by atomic mass is 9.99. The number of hydrogen-bond donors (Lipinski definition) is 1. The molecule has 0 radical (unpaired) electrons. The Morgan fingerprint density at radius 3 is 2.13 bits per heavy atom. The summed E-state index contributed by atoms with van der Waals surface area (Å²) in [5, 5.41) is 3.24. The van der Waals surface area contributed by atoms with E-state index in [-0.39, 0.29) is 31.1 Å². The third-order valence-electron chi connectivity index (χ3n) is 4.52. The molecule has 5 nitrogen and oxygen atoms in total. The van der Waals surface area contributed by atoms with Crippen LogP contribution in [0.4, 0.5) is 5.69 Å². The third-order valence-corrected chi connectivity index (χ3v) is 5.15. The maximum atomic E-state index is 12.4. The minimum atomic E-state index is -0.423. The Labute approximate surface area is 187 Å². The minimum Gasteiger partial charge on any atom is -0.336 e. The number of nitrogens with one attached hydrogen (secondary N) is 1. The second-order valence-corrected chi connectivity index (χ2v) is 8.43. The van der Waals surface area contributed by atoms with E-state index in [9.17, 15) is 14.4 Å². The monoisotopic (exact) mass is 448 g/mol. The van der Waals surface area contributed by atoms with Gasteiger partial charge < -0.3 is 10.2 Å². The van der Waals surface area contributed by atoms with Crippen molar-refractivity contribution in [3.63, 3.8) is 0 Å². The Balaban J connectivity index is 1.83. The number of halogens is 2. The second-order valence-electron chi connectivity index (χ2n) is 7.61. The van der Waals surface area contributed by atoms with Crippen molar-refractivity contribution in [2.45, 2.75) is 33.1 Å². The molecule has 160 valence electrons. The summed E-state index contributed by atoms with van der Waals surface area (Å²) in [6, 6.07) is 12.4. The van der Waals surface area contributed by atoms with Gasteiger partial charge in [0.25, 0.3) is 0 Å². The van der Waals surface area contributed by atoms with Crippen LogP contribution in [0.1, 0.15) is 42.6 Å². The molecule has 2 aromatic carbocycles. The molecule has 30 heavy (non-hydrogen) atoms. The molecule has 0 atom stereocenters. The highest BCUT2D eigenvalue weighted by Gasteiger charge is 2.17. The lowest BCUT2D eigenvalue weighted by Gasteiger charge is -2.17. The highest BCUT2D eigenvalue weighted by molar-refractivity contribution is 6.39. The number of rotatable bonds is 9. The Bertz CT molecular complexity index is 891. The first kappa shape index (κ1) is 23.9. The molecule has 7 heteroatoms. The van der Waals surface area contributed by atoms with Crippen LogP contribution in [0.15, 0.2) is 42.5 Å². The van der Waals surface area contributed by atoms with E-state index in [0.29, 0.717) is 27.2 Å². The van der Waals surface area contributed by atoms with Gasteiger partial charge in [-0.3, -0.25) is 14.4 Å². The summed E-state index contributed by atoms with van der Waals surface area (Å²) < 4.78 is 0. The largest absolute Gasteiger partial charge is 0.336 e. The normalized spacial score (nSPS) is 10.7. The van der Waals surface area contributed by atoms with Crippen LogP contribution >= 0.6 is 23.2 Å². The average molecular weight is 449 g/mol. The summed E-state index contributed by atoms with van der Waals surface area (Å²) in [7, 11) is 1.52. The van der Waals surface area contributed by atoms with E-state index in [1.54, 1.807) is 30.3 Å². The minimum absolute atomic E-state index is 0.0310. The van der Waals surface area contributed by atoms with Crippen molar-refractivity contribution in [3.05, 3.63) is 63.6 Å². The molecule has 0 aliphatic carbocycles. The quantitative estimate of drug-likeness (QED) is 0.532. The zero-order chi connectivity index (χ0) is 22.3. The molecule has 0 aromatic heterocycles. The van der Waals surface area contributed by atoms with Crippen molar-refractivity contribution >= 4 is 46.5 Å². The number of likely N-dealkylation sites (N-methyl/N-ethyl adjacent to an activating group) is 1. The van der Waals surface area contributed by atoms with Crippen LogP contribution in [0.2, 0.25) is 10.0 Å². The zero-order valence-corrected chi connectivity index (χ0v) is 18.9. The first-order valence-electron chi connectivity index (χ1n) is 9.77. The van der Waals surface area contributed by atoms with Gasteiger partial charge in [-0.05, 0) is 30.0 Å². The summed E-state index contributed by atoms with van der Waals surface area (Å²) in [5.41, 5.74) is 2.08.